The van der Waals surface area contributed by atoms with Crippen LogP contribution in [0.3, 0.4) is 0 Å². The summed E-state index contributed by atoms with van der Waals surface area (Å²) in [6, 6.07) is 16.7. The Labute approximate surface area is 119 Å². The van der Waals surface area contributed by atoms with Crippen molar-refractivity contribution in [3.8, 4) is 5.75 Å². The zero-order valence-corrected chi connectivity index (χ0v) is 12.1. The monoisotopic (exact) mass is 273 g/mol. The Kier molecular flexibility index (Phi) is 4.88. The third kappa shape index (κ3) is 3.75. The molecule has 2 nitrogen and oxygen atoms in total. The van der Waals surface area contributed by atoms with E-state index >= 15 is 0 Å². The predicted octanol–water partition coefficient (Wildman–Crippen LogP) is 4.26. The largest absolute Gasteiger partial charge is 0.497 e. The summed E-state index contributed by atoms with van der Waals surface area (Å²) < 4.78 is 5.15. The minimum absolute atomic E-state index is 0.139. The van der Waals surface area contributed by atoms with Crippen molar-refractivity contribution in [3.05, 3.63) is 54.1 Å². The molecule has 3 heteroatoms. The molecule has 2 aromatic carbocycles. The second kappa shape index (κ2) is 6.64. The van der Waals surface area contributed by atoms with Crippen LogP contribution in [-0.2, 0) is 0 Å². The average Bonchev–Trinajstić information content (AvgIpc) is 2.48. The van der Waals surface area contributed by atoms with Crippen molar-refractivity contribution < 1.29 is 4.74 Å². The molecule has 0 aliphatic rings. The molecule has 2 aromatic rings. The van der Waals surface area contributed by atoms with Gasteiger partial charge in [0.25, 0.3) is 0 Å². The molecule has 0 fully saturated rings. The molecular weight excluding hydrogens is 254 g/mol. The number of hydrogen-bond donors (Lipinski definition) is 1. The molecule has 0 spiro atoms. The lowest BCUT2D eigenvalue weighted by Gasteiger charge is -2.09. The Morgan fingerprint density at radius 1 is 1.00 bits per heavy atom. The highest BCUT2D eigenvalue weighted by Crippen LogP contribution is 2.29. The second-order valence-corrected chi connectivity index (χ2v) is 5.51. The van der Waals surface area contributed by atoms with E-state index in [0.29, 0.717) is 0 Å². The normalized spacial score (nSPS) is 12.2. The van der Waals surface area contributed by atoms with Gasteiger partial charge in [-0.1, -0.05) is 30.8 Å². The third-order valence-corrected chi connectivity index (χ3v) is 4.06. The van der Waals surface area contributed by atoms with E-state index in [9.17, 15) is 0 Å². The van der Waals surface area contributed by atoms with E-state index in [0.717, 1.165) is 12.2 Å². The first-order valence-electron chi connectivity index (χ1n) is 6.40. The molecule has 0 amide bonds. The van der Waals surface area contributed by atoms with Gasteiger partial charge in [-0.25, -0.2) is 0 Å². The second-order valence-electron chi connectivity index (χ2n) is 4.36. The first-order chi connectivity index (χ1) is 9.22. The Morgan fingerprint density at radius 2 is 1.53 bits per heavy atom. The van der Waals surface area contributed by atoms with Crippen molar-refractivity contribution in [3.63, 3.8) is 0 Å². The molecule has 0 bridgehead atoms. The molecule has 0 saturated heterocycles. The molecule has 0 heterocycles. The Morgan fingerprint density at radius 3 is 2.00 bits per heavy atom. The minimum atomic E-state index is 0.139. The van der Waals surface area contributed by atoms with E-state index in [-0.39, 0.29) is 6.04 Å². The van der Waals surface area contributed by atoms with Gasteiger partial charge in [-0.2, -0.15) is 0 Å². The van der Waals surface area contributed by atoms with Crippen molar-refractivity contribution in [1.29, 1.82) is 0 Å². The van der Waals surface area contributed by atoms with Gasteiger partial charge in [0, 0.05) is 15.8 Å². The molecule has 0 saturated carbocycles. The van der Waals surface area contributed by atoms with E-state index in [2.05, 4.69) is 43.3 Å². The molecule has 0 radical (unpaired) electrons. The quantitative estimate of drug-likeness (QED) is 0.884. The summed E-state index contributed by atoms with van der Waals surface area (Å²) in [5, 5.41) is 0. The summed E-state index contributed by atoms with van der Waals surface area (Å²) in [6.07, 6.45) is 0.963. The van der Waals surface area contributed by atoms with Crippen LogP contribution in [0.1, 0.15) is 24.9 Å². The van der Waals surface area contributed by atoms with Crippen molar-refractivity contribution in [2.45, 2.75) is 29.2 Å². The molecule has 0 unspecified atom stereocenters. The van der Waals surface area contributed by atoms with Crippen LogP contribution in [-0.4, -0.2) is 7.11 Å². The van der Waals surface area contributed by atoms with Gasteiger partial charge in [-0.15, -0.1) is 0 Å². The zero-order chi connectivity index (χ0) is 13.7. The summed E-state index contributed by atoms with van der Waals surface area (Å²) in [7, 11) is 1.68. The number of nitrogens with two attached hydrogens (primary N) is 1. The molecule has 0 aliphatic heterocycles. The fourth-order valence-corrected chi connectivity index (χ4v) is 2.62. The maximum Gasteiger partial charge on any atom is 0.118 e. The maximum atomic E-state index is 6.01. The summed E-state index contributed by atoms with van der Waals surface area (Å²) >= 11 is 1.74. The highest BCUT2D eigenvalue weighted by atomic mass is 32.2. The lowest BCUT2D eigenvalue weighted by atomic mass is 10.1. The predicted molar refractivity (Wildman–Crippen MR) is 80.8 cm³/mol. The van der Waals surface area contributed by atoms with Gasteiger partial charge in [0.1, 0.15) is 5.75 Å². The first-order valence-corrected chi connectivity index (χ1v) is 7.22. The van der Waals surface area contributed by atoms with Gasteiger partial charge in [-0.05, 0) is 48.4 Å². The Bertz CT molecular complexity index is 507. The molecule has 19 heavy (non-hydrogen) atoms. The number of methoxy groups -OCH3 is 1. The smallest absolute Gasteiger partial charge is 0.118 e. The van der Waals surface area contributed by atoms with Crippen LogP contribution in [0.4, 0.5) is 0 Å². The van der Waals surface area contributed by atoms with Crippen LogP contribution in [0.25, 0.3) is 0 Å². The van der Waals surface area contributed by atoms with E-state index in [1.807, 2.05) is 12.1 Å². The standard InChI is InChI=1S/C16H19NOS/c1-3-16(17)12-4-8-14(9-5-12)19-15-10-6-13(18-2)7-11-15/h4-11,16H,3,17H2,1-2H3/t16-/m1/s1. The zero-order valence-electron chi connectivity index (χ0n) is 11.3. The fraction of sp³-hybridized carbons (Fsp3) is 0.250. The molecular formula is C16H19NOS. The molecule has 2 N–H and O–H groups in total. The van der Waals surface area contributed by atoms with Crippen molar-refractivity contribution in [1.82, 2.24) is 0 Å². The summed E-state index contributed by atoms with van der Waals surface area (Å²) in [6.45, 7) is 2.10. The van der Waals surface area contributed by atoms with Gasteiger partial charge in [0.15, 0.2) is 0 Å². The summed E-state index contributed by atoms with van der Waals surface area (Å²) in [5.74, 6) is 0.883. The third-order valence-electron chi connectivity index (χ3n) is 3.04. The SMILES string of the molecule is CC[C@@H](N)c1ccc(Sc2ccc(OC)cc2)cc1. The van der Waals surface area contributed by atoms with Gasteiger partial charge in [-0.3, -0.25) is 0 Å². The Balaban J connectivity index is 2.06. The maximum absolute atomic E-state index is 6.01. The molecule has 100 valence electrons. The van der Waals surface area contributed by atoms with E-state index in [1.54, 1.807) is 18.9 Å². The van der Waals surface area contributed by atoms with Crippen LogP contribution in [0.5, 0.6) is 5.75 Å². The highest BCUT2D eigenvalue weighted by molar-refractivity contribution is 7.99. The summed E-state index contributed by atoms with van der Waals surface area (Å²) in [4.78, 5) is 2.42. The van der Waals surface area contributed by atoms with Crippen LogP contribution in [0, 0.1) is 0 Å². The van der Waals surface area contributed by atoms with Crippen LogP contribution < -0.4 is 10.5 Å². The van der Waals surface area contributed by atoms with Crippen molar-refractivity contribution in [2.24, 2.45) is 5.73 Å². The van der Waals surface area contributed by atoms with E-state index in [1.165, 1.54) is 15.4 Å². The lowest BCUT2D eigenvalue weighted by molar-refractivity contribution is 0.414. The van der Waals surface area contributed by atoms with Gasteiger partial charge < -0.3 is 10.5 Å². The first kappa shape index (κ1) is 14.0. The van der Waals surface area contributed by atoms with Gasteiger partial charge >= 0.3 is 0 Å². The van der Waals surface area contributed by atoms with Crippen LogP contribution in [0.2, 0.25) is 0 Å². The number of ether oxygens (including phenoxy) is 1. The number of rotatable bonds is 5. The average molecular weight is 273 g/mol. The Hall–Kier alpha value is -1.45. The van der Waals surface area contributed by atoms with E-state index in [4.69, 9.17) is 10.5 Å². The van der Waals surface area contributed by atoms with Gasteiger partial charge in [0.2, 0.25) is 0 Å². The molecule has 0 aromatic heterocycles. The van der Waals surface area contributed by atoms with Crippen LogP contribution in [0.15, 0.2) is 58.3 Å². The number of benzene rings is 2. The van der Waals surface area contributed by atoms with Crippen molar-refractivity contribution >= 4 is 11.8 Å². The van der Waals surface area contributed by atoms with Crippen molar-refractivity contribution in [2.75, 3.05) is 7.11 Å². The topological polar surface area (TPSA) is 35.2 Å². The minimum Gasteiger partial charge on any atom is -0.497 e. The number of hydrogen-bond acceptors (Lipinski definition) is 3. The lowest BCUT2D eigenvalue weighted by Crippen LogP contribution is -2.07. The van der Waals surface area contributed by atoms with Crippen LogP contribution >= 0.6 is 11.8 Å². The fourth-order valence-electron chi connectivity index (χ4n) is 1.80. The molecule has 1 atom stereocenters. The van der Waals surface area contributed by atoms with E-state index < -0.39 is 0 Å². The molecule has 0 aliphatic carbocycles. The highest BCUT2D eigenvalue weighted by Gasteiger charge is 2.03. The summed E-state index contributed by atoms with van der Waals surface area (Å²) in [5.41, 5.74) is 7.20. The molecule has 2 rings (SSSR count). The van der Waals surface area contributed by atoms with Gasteiger partial charge in [0.05, 0.1) is 7.11 Å².